The molecule has 1 saturated heterocycles. The van der Waals surface area contributed by atoms with Crippen molar-refractivity contribution in [2.75, 3.05) is 13.1 Å². The second kappa shape index (κ2) is 5.90. The molecule has 0 aliphatic carbocycles. The van der Waals surface area contributed by atoms with E-state index in [0.717, 1.165) is 36.2 Å². The second-order valence-corrected chi connectivity index (χ2v) is 5.99. The molecule has 0 bridgehead atoms. The number of carbonyl (C=O) groups is 1. The molecule has 1 aromatic carbocycles. The maximum atomic E-state index is 12.4. The fraction of sp³-hybridized carbons (Fsp3) is 0.471. The summed E-state index contributed by atoms with van der Waals surface area (Å²) in [5, 5.41) is 7.52. The van der Waals surface area contributed by atoms with Crippen molar-refractivity contribution in [1.29, 1.82) is 0 Å². The number of fused-ring (bicyclic) bond motifs is 1. The van der Waals surface area contributed by atoms with E-state index in [1.165, 1.54) is 0 Å². The molecule has 1 fully saturated rings. The molecule has 2 aromatic rings. The van der Waals surface area contributed by atoms with Gasteiger partial charge in [0, 0.05) is 18.0 Å². The zero-order chi connectivity index (χ0) is 14.8. The summed E-state index contributed by atoms with van der Waals surface area (Å²) in [6.07, 6.45) is 1.10. The summed E-state index contributed by atoms with van der Waals surface area (Å²) in [6, 6.07) is 10.0. The van der Waals surface area contributed by atoms with Gasteiger partial charge >= 0.3 is 0 Å². The molecule has 4 heteroatoms. The van der Waals surface area contributed by atoms with Crippen LogP contribution in [0, 0.1) is 5.92 Å². The Labute approximate surface area is 124 Å². The first kappa shape index (κ1) is 14.1. The molecular formula is C17H22N2O2. The molecule has 1 aromatic heterocycles. The summed E-state index contributed by atoms with van der Waals surface area (Å²) in [7, 11) is 0. The smallest absolute Gasteiger partial charge is 0.230 e. The number of hydrogen-bond acceptors (Lipinski definition) is 3. The van der Waals surface area contributed by atoms with Crippen LogP contribution in [0.1, 0.15) is 31.9 Å². The zero-order valence-electron chi connectivity index (χ0n) is 12.6. The van der Waals surface area contributed by atoms with Crippen molar-refractivity contribution in [1.82, 2.24) is 10.6 Å². The lowest BCUT2D eigenvalue weighted by atomic mass is 9.94. The van der Waals surface area contributed by atoms with Crippen LogP contribution in [0.2, 0.25) is 0 Å². The highest BCUT2D eigenvalue weighted by Crippen LogP contribution is 2.25. The van der Waals surface area contributed by atoms with E-state index in [9.17, 15) is 4.79 Å². The molecule has 3 atom stereocenters. The Kier molecular flexibility index (Phi) is 3.97. The Hall–Kier alpha value is -1.81. The molecule has 0 radical (unpaired) electrons. The van der Waals surface area contributed by atoms with Crippen molar-refractivity contribution in [3.05, 3.63) is 36.1 Å². The van der Waals surface area contributed by atoms with Crippen LogP contribution in [-0.2, 0) is 4.79 Å². The Morgan fingerprint density at radius 1 is 1.43 bits per heavy atom. The minimum Gasteiger partial charge on any atom is -0.460 e. The van der Waals surface area contributed by atoms with Crippen molar-refractivity contribution >= 4 is 16.9 Å². The van der Waals surface area contributed by atoms with Crippen LogP contribution in [0.4, 0.5) is 0 Å². The van der Waals surface area contributed by atoms with Gasteiger partial charge in [0.2, 0.25) is 5.91 Å². The number of carbonyl (C=O) groups excluding carboxylic acids is 1. The molecule has 3 unspecified atom stereocenters. The van der Waals surface area contributed by atoms with E-state index >= 15 is 0 Å². The van der Waals surface area contributed by atoms with Crippen LogP contribution in [-0.4, -0.2) is 25.0 Å². The fourth-order valence-corrected chi connectivity index (χ4v) is 2.84. The van der Waals surface area contributed by atoms with E-state index in [0.29, 0.717) is 5.92 Å². The van der Waals surface area contributed by atoms with Gasteiger partial charge in [-0.3, -0.25) is 4.79 Å². The minimum atomic E-state index is -0.272. The van der Waals surface area contributed by atoms with Crippen molar-refractivity contribution in [2.45, 2.75) is 32.2 Å². The Morgan fingerprint density at radius 2 is 2.24 bits per heavy atom. The molecule has 1 aliphatic rings. The highest BCUT2D eigenvalue weighted by molar-refractivity contribution is 5.85. The number of amides is 1. The molecule has 2 N–H and O–H groups in total. The Morgan fingerprint density at radius 3 is 3.00 bits per heavy atom. The number of nitrogens with one attached hydrogen (secondary N) is 2. The SMILES string of the molecule is CC(C(=O)NC1CNCCC1C)c1cc2ccccc2o1. The van der Waals surface area contributed by atoms with Crippen molar-refractivity contribution in [3.8, 4) is 0 Å². The summed E-state index contributed by atoms with van der Waals surface area (Å²) in [6.45, 7) is 5.97. The van der Waals surface area contributed by atoms with Gasteiger partial charge in [0.05, 0.1) is 5.92 Å². The van der Waals surface area contributed by atoms with Crippen LogP contribution < -0.4 is 10.6 Å². The zero-order valence-corrected chi connectivity index (χ0v) is 12.6. The van der Waals surface area contributed by atoms with Gasteiger partial charge in [0.1, 0.15) is 11.3 Å². The van der Waals surface area contributed by atoms with E-state index in [1.54, 1.807) is 0 Å². The average molecular weight is 286 g/mol. The summed E-state index contributed by atoms with van der Waals surface area (Å²) >= 11 is 0. The van der Waals surface area contributed by atoms with Gasteiger partial charge in [-0.15, -0.1) is 0 Å². The molecule has 0 saturated carbocycles. The van der Waals surface area contributed by atoms with E-state index in [1.807, 2.05) is 37.3 Å². The highest BCUT2D eigenvalue weighted by atomic mass is 16.3. The molecule has 1 amide bonds. The third-order valence-corrected chi connectivity index (χ3v) is 4.42. The van der Waals surface area contributed by atoms with Crippen molar-refractivity contribution in [3.63, 3.8) is 0 Å². The van der Waals surface area contributed by atoms with E-state index in [-0.39, 0.29) is 17.9 Å². The summed E-state index contributed by atoms with van der Waals surface area (Å²) in [4.78, 5) is 12.4. The van der Waals surface area contributed by atoms with Crippen LogP contribution in [0.5, 0.6) is 0 Å². The van der Waals surface area contributed by atoms with Gasteiger partial charge in [-0.1, -0.05) is 25.1 Å². The summed E-state index contributed by atoms with van der Waals surface area (Å²) in [5.74, 6) is 1.00. The third-order valence-electron chi connectivity index (χ3n) is 4.42. The molecule has 1 aliphatic heterocycles. The highest BCUT2D eigenvalue weighted by Gasteiger charge is 2.26. The molecule has 112 valence electrons. The Balaban J connectivity index is 1.71. The standard InChI is InChI=1S/C17H22N2O2/c1-11-7-8-18-10-14(11)19-17(20)12(2)16-9-13-5-3-4-6-15(13)21-16/h3-6,9,11-12,14,18H,7-8,10H2,1-2H3,(H,19,20). The lowest BCUT2D eigenvalue weighted by Gasteiger charge is -2.30. The van der Waals surface area contributed by atoms with Gasteiger partial charge in [0.15, 0.2) is 0 Å². The van der Waals surface area contributed by atoms with Crippen molar-refractivity contribution in [2.24, 2.45) is 5.92 Å². The maximum Gasteiger partial charge on any atom is 0.230 e. The lowest BCUT2D eigenvalue weighted by Crippen LogP contribution is -2.51. The predicted molar refractivity (Wildman–Crippen MR) is 83.2 cm³/mol. The molecule has 21 heavy (non-hydrogen) atoms. The first-order valence-electron chi connectivity index (χ1n) is 7.64. The normalized spacial score (nSPS) is 23.9. The second-order valence-electron chi connectivity index (χ2n) is 5.99. The number of para-hydroxylation sites is 1. The molecule has 0 spiro atoms. The van der Waals surface area contributed by atoms with Crippen LogP contribution in [0.25, 0.3) is 11.0 Å². The quantitative estimate of drug-likeness (QED) is 0.912. The summed E-state index contributed by atoms with van der Waals surface area (Å²) < 4.78 is 5.79. The molecular weight excluding hydrogens is 264 g/mol. The van der Waals surface area contributed by atoms with Gasteiger partial charge < -0.3 is 15.1 Å². The summed E-state index contributed by atoms with van der Waals surface area (Å²) in [5.41, 5.74) is 0.833. The fourth-order valence-electron chi connectivity index (χ4n) is 2.84. The lowest BCUT2D eigenvalue weighted by molar-refractivity contribution is -0.123. The first-order chi connectivity index (χ1) is 10.1. The number of piperidine rings is 1. The maximum absolute atomic E-state index is 12.4. The molecule has 4 nitrogen and oxygen atoms in total. The van der Waals surface area contributed by atoms with Gasteiger partial charge in [0.25, 0.3) is 0 Å². The van der Waals surface area contributed by atoms with Crippen molar-refractivity contribution < 1.29 is 9.21 Å². The van der Waals surface area contributed by atoms with Gasteiger partial charge in [-0.2, -0.15) is 0 Å². The number of benzene rings is 1. The minimum absolute atomic E-state index is 0.0367. The largest absolute Gasteiger partial charge is 0.460 e. The van der Waals surface area contributed by atoms with E-state index < -0.39 is 0 Å². The predicted octanol–water partition coefficient (Wildman–Crippen LogP) is 2.65. The monoisotopic (exact) mass is 286 g/mol. The number of rotatable bonds is 3. The van der Waals surface area contributed by atoms with Crippen LogP contribution in [0.15, 0.2) is 34.7 Å². The van der Waals surface area contributed by atoms with E-state index in [2.05, 4.69) is 17.6 Å². The van der Waals surface area contributed by atoms with E-state index in [4.69, 9.17) is 4.42 Å². The number of hydrogen-bond donors (Lipinski definition) is 2. The molecule has 2 heterocycles. The van der Waals surface area contributed by atoms with Gasteiger partial charge in [-0.25, -0.2) is 0 Å². The molecule has 3 rings (SSSR count). The van der Waals surface area contributed by atoms with Crippen LogP contribution >= 0.6 is 0 Å². The average Bonchev–Trinajstić information content (AvgIpc) is 2.92. The number of furan rings is 1. The third kappa shape index (κ3) is 2.95. The first-order valence-corrected chi connectivity index (χ1v) is 7.64. The van der Waals surface area contributed by atoms with Gasteiger partial charge in [-0.05, 0) is 37.9 Å². The topological polar surface area (TPSA) is 54.3 Å². The Bertz CT molecular complexity index is 602. The van der Waals surface area contributed by atoms with Crippen LogP contribution in [0.3, 0.4) is 0 Å².